The van der Waals surface area contributed by atoms with Gasteiger partial charge in [0.25, 0.3) is 0 Å². The van der Waals surface area contributed by atoms with Crippen LogP contribution in [0.3, 0.4) is 0 Å². The summed E-state index contributed by atoms with van der Waals surface area (Å²) in [7, 11) is -3.52. The Morgan fingerprint density at radius 3 is 2.34 bits per heavy atom. The smallest absolute Gasteiger partial charge is 0.243 e. The molecule has 164 valence electrons. The van der Waals surface area contributed by atoms with E-state index in [4.69, 9.17) is 0 Å². The summed E-state index contributed by atoms with van der Waals surface area (Å²) < 4.78 is 29.3. The minimum absolute atomic E-state index is 0.324. The third kappa shape index (κ3) is 3.82. The van der Waals surface area contributed by atoms with Crippen LogP contribution in [0.5, 0.6) is 0 Å². The maximum absolute atomic E-state index is 13.0. The average Bonchev–Trinajstić information content (AvgIpc) is 3.23. The minimum Gasteiger partial charge on any atom is -0.352 e. The van der Waals surface area contributed by atoms with E-state index in [0.717, 1.165) is 11.1 Å². The summed E-state index contributed by atoms with van der Waals surface area (Å²) in [5, 5.41) is 8.61. The Labute approximate surface area is 186 Å². The molecule has 0 spiro atoms. The zero-order valence-corrected chi connectivity index (χ0v) is 18.5. The lowest BCUT2D eigenvalue weighted by molar-refractivity contribution is 0.384. The highest BCUT2D eigenvalue weighted by Crippen LogP contribution is 2.24. The van der Waals surface area contributed by atoms with Crippen LogP contribution in [-0.4, -0.2) is 63.9 Å². The van der Waals surface area contributed by atoms with Crippen LogP contribution in [0.2, 0.25) is 0 Å². The molecule has 1 aliphatic rings. The van der Waals surface area contributed by atoms with Crippen LogP contribution in [0, 0.1) is 6.92 Å². The number of anilines is 1. The Kier molecular flexibility index (Phi) is 5.32. The van der Waals surface area contributed by atoms with Crippen molar-refractivity contribution in [3.63, 3.8) is 0 Å². The van der Waals surface area contributed by atoms with Crippen LogP contribution in [0.15, 0.2) is 65.8 Å². The maximum Gasteiger partial charge on any atom is 0.243 e. The standard InChI is InChI=1S/C22H23N7O2S/c1-17-7-9-19(10-8-17)32(30,31)28-13-11-27(12-14-28)21-20-22(24-16-23-21)29(26-25-20)15-18-5-3-2-4-6-18/h2-10,16H,11-15H2,1H3. The molecule has 4 aromatic rings. The van der Waals surface area contributed by atoms with Crippen molar-refractivity contribution >= 4 is 27.0 Å². The summed E-state index contributed by atoms with van der Waals surface area (Å²) in [5.41, 5.74) is 3.42. The monoisotopic (exact) mass is 449 g/mol. The molecule has 0 N–H and O–H groups in total. The van der Waals surface area contributed by atoms with E-state index < -0.39 is 10.0 Å². The molecule has 9 nitrogen and oxygen atoms in total. The van der Waals surface area contributed by atoms with Crippen molar-refractivity contribution in [2.75, 3.05) is 31.1 Å². The summed E-state index contributed by atoms with van der Waals surface area (Å²) in [4.78, 5) is 11.2. The molecule has 10 heteroatoms. The van der Waals surface area contributed by atoms with Gasteiger partial charge in [0.2, 0.25) is 10.0 Å². The van der Waals surface area contributed by atoms with Gasteiger partial charge in [-0.1, -0.05) is 53.2 Å². The third-order valence-corrected chi connectivity index (χ3v) is 7.57. The molecule has 0 unspecified atom stereocenters. The van der Waals surface area contributed by atoms with Crippen LogP contribution < -0.4 is 4.90 Å². The van der Waals surface area contributed by atoms with Gasteiger partial charge in [0.1, 0.15) is 6.33 Å². The van der Waals surface area contributed by atoms with E-state index >= 15 is 0 Å². The maximum atomic E-state index is 13.0. The first-order chi connectivity index (χ1) is 15.5. The number of sulfonamides is 1. The number of hydrogen-bond donors (Lipinski definition) is 0. The summed E-state index contributed by atoms with van der Waals surface area (Å²) in [6, 6.07) is 17.0. The van der Waals surface area contributed by atoms with Gasteiger partial charge < -0.3 is 4.90 Å². The molecule has 3 heterocycles. The van der Waals surface area contributed by atoms with Crippen molar-refractivity contribution in [1.29, 1.82) is 0 Å². The van der Waals surface area contributed by atoms with Gasteiger partial charge >= 0.3 is 0 Å². The number of hydrogen-bond acceptors (Lipinski definition) is 7. The highest BCUT2D eigenvalue weighted by molar-refractivity contribution is 7.89. The number of aromatic nitrogens is 5. The summed E-state index contributed by atoms with van der Waals surface area (Å²) in [6.45, 7) is 4.29. The molecule has 1 aliphatic heterocycles. The molecule has 0 bridgehead atoms. The van der Waals surface area contributed by atoms with Crippen molar-refractivity contribution in [3.05, 3.63) is 72.1 Å². The van der Waals surface area contributed by atoms with Gasteiger partial charge in [-0.25, -0.2) is 23.1 Å². The first-order valence-electron chi connectivity index (χ1n) is 10.4. The van der Waals surface area contributed by atoms with E-state index in [9.17, 15) is 8.42 Å². The molecule has 1 saturated heterocycles. The van der Waals surface area contributed by atoms with Crippen LogP contribution in [0.25, 0.3) is 11.2 Å². The van der Waals surface area contributed by atoms with E-state index in [0.29, 0.717) is 54.6 Å². The second-order valence-electron chi connectivity index (χ2n) is 7.81. The molecule has 5 rings (SSSR count). The second-order valence-corrected chi connectivity index (χ2v) is 9.74. The Hall–Kier alpha value is -3.37. The Morgan fingerprint density at radius 2 is 1.62 bits per heavy atom. The quantitative estimate of drug-likeness (QED) is 0.460. The zero-order valence-electron chi connectivity index (χ0n) is 17.7. The summed E-state index contributed by atoms with van der Waals surface area (Å²) in [5.74, 6) is 0.682. The minimum atomic E-state index is -3.52. The molecular weight excluding hydrogens is 426 g/mol. The van der Waals surface area contributed by atoms with Gasteiger partial charge in [-0.15, -0.1) is 5.10 Å². The van der Waals surface area contributed by atoms with Crippen molar-refractivity contribution in [2.24, 2.45) is 0 Å². The predicted octanol–water partition coefficient (Wildman–Crippen LogP) is 2.09. The lowest BCUT2D eigenvalue weighted by Gasteiger charge is -2.34. The Balaban J connectivity index is 1.34. The first kappa shape index (κ1) is 20.5. The fraction of sp³-hybridized carbons (Fsp3) is 0.273. The number of nitrogens with zero attached hydrogens (tertiary/aromatic N) is 7. The highest BCUT2D eigenvalue weighted by Gasteiger charge is 2.30. The van der Waals surface area contributed by atoms with Crippen LogP contribution in [0.4, 0.5) is 5.82 Å². The van der Waals surface area contributed by atoms with E-state index in [1.807, 2.05) is 54.3 Å². The van der Waals surface area contributed by atoms with Crippen molar-refractivity contribution < 1.29 is 8.42 Å². The summed E-state index contributed by atoms with van der Waals surface area (Å²) >= 11 is 0. The van der Waals surface area contributed by atoms with Gasteiger partial charge in [-0.2, -0.15) is 4.31 Å². The largest absolute Gasteiger partial charge is 0.352 e. The van der Waals surface area contributed by atoms with E-state index in [2.05, 4.69) is 20.3 Å². The second kappa shape index (κ2) is 8.29. The number of rotatable bonds is 5. The van der Waals surface area contributed by atoms with Crippen molar-refractivity contribution in [3.8, 4) is 0 Å². The normalized spacial score (nSPS) is 15.3. The van der Waals surface area contributed by atoms with E-state index in [-0.39, 0.29) is 0 Å². The van der Waals surface area contributed by atoms with Gasteiger partial charge in [0, 0.05) is 26.2 Å². The Morgan fingerprint density at radius 1 is 0.906 bits per heavy atom. The van der Waals surface area contributed by atoms with Gasteiger partial charge in [0.15, 0.2) is 17.0 Å². The number of piperazine rings is 1. The third-order valence-electron chi connectivity index (χ3n) is 5.65. The fourth-order valence-corrected chi connectivity index (χ4v) is 5.30. The molecule has 0 atom stereocenters. The number of aryl methyl sites for hydroxylation is 1. The van der Waals surface area contributed by atoms with Crippen molar-refractivity contribution in [1.82, 2.24) is 29.3 Å². The predicted molar refractivity (Wildman–Crippen MR) is 121 cm³/mol. The molecule has 32 heavy (non-hydrogen) atoms. The van der Waals surface area contributed by atoms with Crippen LogP contribution >= 0.6 is 0 Å². The topological polar surface area (TPSA) is 97.1 Å². The molecule has 2 aromatic carbocycles. The number of fused-ring (bicyclic) bond motifs is 1. The lowest BCUT2D eigenvalue weighted by Crippen LogP contribution is -2.49. The van der Waals surface area contributed by atoms with Crippen LogP contribution in [0.1, 0.15) is 11.1 Å². The summed E-state index contributed by atoms with van der Waals surface area (Å²) in [6.07, 6.45) is 1.51. The molecule has 0 radical (unpaired) electrons. The van der Waals surface area contributed by atoms with Gasteiger partial charge in [-0.05, 0) is 24.6 Å². The first-order valence-corrected chi connectivity index (χ1v) is 11.9. The molecule has 0 aliphatic carbocycles. The fourth-order valence-electron chi connectivity index (χ4n) is 3.87. The highest BCUT2D eigenvalue weighted by atomic mass is 32.2. The lowest BCUT2D eigenvalue weighted by atomic mass is 10.2. The van der Waals surface area contributed by atoms with Crippen molar-refractivity contribution in [2.45, 2.75) is 18.4 Å². The average molecular weight is 450 g/mol. The SMILES string of the molecule is Cc1ccc(S(=O)(=O)N2CCN(c3ncnc4c3nnn4Cc3ccccc3)CC2)cc1. The zero-order chi connectivity index (χ0) is 22.1. The van der Waals surface area contributed by atoms with Crippen LogP contribution in [-0.2, 0) is 16.6 Å². The molecule has 1 fully saturated rings. The Bertz CT molecular complexity index is 1330. The van der Waals surface area contributed by atoms with E-state index in [1.165, 1.54) is 10.6 Å². The molecule has 0 saturated carbocycles. The van der Waals surface area contributed by atoms with Gasteiger partial charge in [0.05, 0.1) is 11.4 Å². The number of benzene rings is 2. The van der Waals surface area contributed by atoms with E-state index in [1.54, 1.807) is 16.8 Å². The van der Waals surface area contributed by atoms with Gasteiger partial charge in [-0.3, -0.25) is 0 Å². The molecule has 2 aromatic heterocycles. The molecule has 0 amide bonds. The molecular formula is C22H23N7O2S.